The molecule has 172 valence electrons. The molecule has 1 unspecified atom stereocenters. The van der Waals surface area contributed by atoms with Crippen molar-refractivity contribution in [3.63, 3.8) is 0 Å². The summed E-state index contributed by atoms with van der Waals surface area (Å²) in [4.78, 5) is 13.5. The minimum Gasteiger partial charge on any atom is -0.508 e. The van der Waals surface area contributed by atoms with Crippen LogP contribution in [0.25, 0.3) is 0 Å². The van der Waals surface area contributed by atoms with Gasteiger partial charge in [0.25, 0.3) is 0 Å². The third-order valence-electron chi connectivity index (χ3n) is 5.60. The molecule has 2 rings (SSSR count). The predicted octanol–water partition coefficient (Wildman–Crippen LogP) is 5.21. The van der Waals surface area contributed by atoms with Crippen LogP contribution >= 0.6 is 0 Å². The average molecular weight is 443 g/mol. The molecule has 0 bridgehead atoms. The van der Waals surface area contributed by atoms with Crippen LogP contribution < -0.4 is 0 Å². The van der Waals surface area contributed by atoms with Crippen molar-refractivity contribution >= 4 is 5.78 Å². The fourth-order valence-electron chi connectivity index (χ4n) is 4.17. The molecule has 0 saturated heterocycles. The van der Waals surface area contributed by atoms with Gasteiger partial charge in [-0.05, 0) is 50.3 Å². The van der Waals surface area contributed by atoms with Crippen molar-refractivity contribution < 1.29 is 32.6 Å². The molecular formula is C23H29F4NO3. The second kappa shape index (κ2) is 8.65. The van der Waals surface area contributed by atoms with E-state index in [1.165, 1.54) is 38.1 Å². The van der Waals surface area contributed by atoms with E-state index in [2.05, 4.69) is 0 Å². The third-order valence-corrected chi connectivity index (χ3v) is 5.60. The molecule has 0 radical (unpaired) electrons. The fourth-order valence-corrected chi connectivity index (χ4v) is 4.17. The number of carbonyl (C=O) groups is 1. The van der Waals surface area contributed by atoms with Crippen LogP contribution in [-0.2, 0) is 10.2 Å². The number of halogens is 4. The Morgan fingerprint density at radius 1 is 1.16 bits per heavy atom. The topological polar surface area (TPSA) is 60.8 Å². The quantitative estimate of drug-likeness (QED) is 0.614. The molecule has 0 aliphatic carbocycles. The molecule has 2 N–H and O–H groups in total. The lowest BCUT2D eigenvalue weighted by molar-refractivity contribution is -0.268. The Morgan fingerprint density at radius 3 is 2.35 bits per heavy atom. The molecule has 0 fully saturated rings. The number of phenolic OH excluding ortho intramolecular Hbond substituents is 1. The highest BCUT2D eigenvalue weighted by Crippen LogP contribution is 2.44. The van der Waals surface area contributed by atoms with Gasteiger partial charge in [0.2, 0.25) is 0 Å². The summed E-state index contributed by atoms with van der Waals surface area (Å²) >= 11 is 0. The number of hydrogen-bond acceptors (Lipinski definition) is 4. The third kappa shape index (κ3) is 5.67. The molecule has 1 aromatic rings. The van der Waals surface area contributed by atoms with E-state index < -0.39 is 36.0 Å². The number of aromatic hydroxyl groups is 1. The summed E-state index contributed by atoms with van der Waals surface area (Å²) in [6.07, 6.45) is -2.65. The van der Waals surface area contributed by atoms with Crippen LogP contribution in [0.3, 0.4) is 0 Å². The van der Waals surface area contributed by atoms with Crippen molar-refractivity contribution in [1.29, 1.82) is 0 Å². The number of hydrogen-bond donors (Lipinski definition) is 2. The van der Waals surface area contributed by atoms with Crippen LogP contribution in [0.2, 0.25) is 0 Å². The number of nitrogens with zero attached hydrogens (tertiary/aromatic N) is 1. The summed E-state index contributed by atoms with van der Waals surface area (Å²) < 4.78 is 55.9. The number of rotatable bonds is 5. The van der Waals surface area contributed by atoms with Crippen molar-refractivity contribution in [1.82, 2.24) is 4.90 Å². The number of carbonyl (C=O) groups excluding carboxylic acids is 1. The Morgan fingerprint density at radius 2 is 1.77 bits per heavy atom. The van der Waals surface area contributed by atoms with Crippen molar-refractivity contribution in [2.75, 3.05) is 6.54 Å². The van der Waals surface area contributed by atoms with Crippen LogP contribution in [0.5, 0.6) is 5.75 Å². The second-order valence-corrected chi connectivity index (χ2v) is 9.18. The lowest BCUT2D eigenvalue weighted by Gasteiger charge is -2.40. The number of allylic oxidation sites excluding steroid dienone is 2. The molecule has 0 spiro atoms. The SMILES string of the molecule is CC1=CN(CC(O)(CC(C)(C)c2cc(F)ccc2O)C(F)(F)F)C=C(C)C(=O)[C@@H](C)C1. The zero-order valence-electron chi connectivity index (χ0n) is 18.3. The first-order valence-corrected chi connectivity index (χ1v) is 9.99. The largest absolute Gasteiger partial charge is 0.508 e. The zero-order valence-corrected chi connectivity index (χ0v) is 18.3. The maximum absolute atomic E-state index is 14.1. The van der Waals surface area contributed by atoms with Gasteiger partial charge >= 0.3 is 6.18 Å². The van der Waals surface area contributed by atoms with Gasteiger partial charge in [-0.25, -0.2) is 4.39 Å². The first-order valence-electron chi connectivity index (χ1n) is 9.99. The monoisotopic (exact) mass is 443 g/mol. The minimum atomic E-state index is -5.02. The molecule has 1 aliphatic heterocycles. The predicted molar refractivity (Wildman–Crippen MR) is 110 cm³/mol. The second-order valence-electron chi connectivity index (χ2n) is 9.18. The summed E-state index contributed by atoms with van der Waals surface area (Å²) in [7, 11) is 0. The van der Waals surface area contributed by atoms with E-state index in [0.29, 0.717) is 17.6 Å². The maximum Gasteiger partial charge on any atom is 0.418 e. The van der Waals surface area contributed by atoms with E-state index in [1.807, 2.05) is 0 Å². The first kappa shape index (κ1) is 24.9. The highest BCUT2D eigenvalue weighted by atomic mass is 19.4. The number of benzene rings is 1. The molecule has 8 heteroatoms. The van der Waals surface area contributed by atoms with Crippen LogP contribution in [0, 0.1) is 11.7 Å². The number of phenols is 1. The highest BCUT2D eigenvalue weighted by molar-refractivity contribution is 5.96. The molecule has 0 aromatic heterocycles. The van der Waals surface area contributed by atoms with Gasteiger partial charge < -0.3 is 15.1 Å². The molecule has 2 atom stereocenters. The van der Waals surface area contributed by atoms with Crippen LogP contribution in [0.1, 0.15) is 53.0 Å². The van der Waals surface area contributed by atoms with Gasteiger partial charge in [0.1, 0.15) is 11.6 Å². The molecular weight excluding hydrogens is 414 g/mol. The number of β-amino-alcohol motifs (C(OH)–C–C–N with tert-alkyl or cyclic N) is 1. The Hall–Kier alpha value is -2.35. The van der Waals surface area contributed by atoms with Crippen molar-refractivity contribution in [2.24, 2.45) is 5.92 Å². The van der Waals surface area contributed by atoms with E-state index >= 15 is 0 Å². The zero-order chi connectivity index (χ0) is 23.8. The first-order chi connectivity index (χ1) is 14.1. The van der Waals surface area contributed by atoms with E-state index in [-0.39, 0.29) is 23.0 Å². The van der Waals surface area contributed by atoms with E-state index in [9.17, 15) is 32.6 Å². The Balaban J connectivity index is 2.46. The van der Waals surface area contributed by atoms with Crippen LogP contribution in [-0.4, -0.2) is 39.2 Å². The molecule has 0 saturated carbocycles. The highest BCUT2D eigenvalue weighted by Gasteiger charge is 2.56. The molecule has 0 amide bonds. The average Bonchev–Trinajstić information content (AvgIpc) is 2.60. The Kier molecular flexibility index (Phi) is 6.95. The summed E-state index contributed by atoms with van der Waals surface area (Å²) in [5.41, 5.74) is -3.65. The minimum absolute atomic E-state index is 0.0368. The van der Waals surface area contributed by atoms with Gasteiger partial charge in [-0.1, -0.05) is 26.3 Å². The lowest BCUT2D eigenvalue weighted by Crippen LogP contribution is -2.55. The fraction of sp³-hybridized carbons (Fsp3) is 0.522. The number of aliphatic hydroxyl groups is 1. The van der Waals surface area contributed by atoms with Crippen LogP contribution in [0.15, 0.2) is 41.7 Å². The molecule has 1 aromatic carbocycles. The van der Waals surface area contributed by atoms with Crippen LogP contribution in [0.4, 0.5) is 17.6 Å². The molecule has 31 heavy (non-hydrogen) atoms. The van der Waals surface area contributed by atoms with Gasteiger partial charge in [0, 0.05) is 29.5 Å². The van der Waals surface area contributed by atoms with Gasteiger partial charge in [-0.3, -0.25) is 4.79 Å². The van der Waals surface area contributed by atoms with E-state index in [0.717, 1.165) is 18.2 Å². The number of ketones is 1. The molecule has 1 aliphatic rings. The number of alkyl halides is 3. The number of Topliss-reactive ketones (excluding diaryl/α,β-unsaturated/α-hetero) is 1. The molecule has 1 heterocycles. The summed E-state index contributed by atoms with van der Waals surface area (Å²) in [5, 5.41) is 20.9. The van der Waals surface area contributed by atoms with E-state index in [1.54, 1.807) is 13.8 Å². The smallest absolute Gasteiger partial charge is 0.418 e. The normalized spacial score (nSPS) is 20.5. The Labute approximate surface area is 179 Å². The lowest BCUT2D eigenvalue weighted by atomic mass is 9.74. The van der Waals surface area contributed by atoms with Gasteiger partial charge in [0.05, 0.1) is 6.54 Å². The van der Waals surface area contributed by atoms with Crippen molar-refractivity contribution in [2.45, 2.75) is 64.7 Å². The van der Waals surface area contributed by atoms with Gasteiger partial charge in [-0.15, -0.1) is 0 Å². The molecule has 4 nitrogen and oxygen atoms in total. The van der Waals surface area contributed by atoms with Gasteiger partial charge in [0.15, 0.2) is 11.4 Å². The summed E-state index contributed by atoms with van der Waals surface area (Å²) in [6.45, 7) is 6.95. The van der Waals surface area contributed by atoms with Crippen molar-refractivity contribution in [3.8, 4) is 5.75 Å². The Bertz CT molecular complexity index is 905. The van der Waals surface area contributed by atoms with Gasteiger partial charge in [-0.2, -0.15) is 13.2 Å². The van der Waals surface area contributed by atoms with Crippen molar-refractivity contribution in [3.05, 3.63) is 53.1 Å². The maximum atomic E-state index is 14.1. The van der Waals surface area contributed by atoms with E-state index in [4.69, 9.17) is 0 Å². The summed E-state index contributed by atoms with van der Waals surface area (Å²) in [6, 6.07) is 3.04. The standard InChI is InChI=1S/C23H29F4NO3/c1-14-8-15(2)20(30)16(3)11-28(10-14)13-22(31,23(25,26)27)12-21(4,5)18-9-17(24)6-7-19(18)29/h6-7,9-11,15,29,31H,8,12-13H2,1-5H3/t15-,22?/m0/s1. The summed E-state index contributed by atoms with van der Waals surface area (Å²) in [5.74, 6) is -1.51.